The minimum absolute atomic E-state index is 0.198. The molecule has 0 aliphatic heterocycles. The Morgan fingerprint density at radius 1 is 1.50 bits per heavy atom. The quantitative estimate of drug-likeness (QED) is 0.824. The first-order chi connectivity index (χ1) is 9.47. The second kappa shape index (κ2) is 6.00. The Morgan fingerprint density at radius 3 is 2.85 bits per heavy atom. The molecule has 0 radical (unpaired) electrons. The van der Waals surface area contributed by atoms with Crippen molar-refractivity contribution in [3.05, 3.63) is 41.5 Å². The standard InChI is InChI=1S/C14H19N5S/c1-9-7-12(13(14(15)20)11(3)17-9)18-10(2)8-19-6-4-5-16-19/h4-7,10H,8H2,1-3H3,(H2,15,20)(H,17,18). The van der Waals surface area contributed by atoms with Gasteiger partial charge < -0.3 is 11.1 Å². The monoisotopic (exact) mass is 289 g/mol. The van der Waals surface area contributed by atoms with Crippen molar-refractivity contribution in [2.45, 2.75) is 33.4 Å². The van der Waals surface area contributed by atoms with Gasteiger partial charge in [-0.2, -0.15) is 5.10 Å². The first kappa shape index (κ1) is 14.5. The molecular weight excluding hydrogens is 270 g/mol. The summed E-state index contributed by atoms with van der Waals surface area (Å²) in [6, 6.07) is 4.08. The maximum atomic E-state index is 5.81. The third kappa shape index (κ3) is 3.33. The summed E-state index contributed by atoms with van der Waals surface area (Å²) in [7, 11) is 0. The molecule has 2 heterocycles. The van der Waals surface area contributed by atoms with E-state index in [-0.39, 0.29) is 6.04 Å². The van der Waals surface area contributed by atoms with Crippen molar-refractivity contribution in [3.8, 4) is 0 Å². The van der Waals surface area contributed by atoms with Crippen molar-refractivity contribution >= 4 is 22.9 Å². The number of aromatic nitrogens is 3. The number of aryl methyl sites for hydroxylation is 2. The first-order valence-corrected chi connectivity index (χ1v) is 6.90. The average Bonchev–Trinajstić information content (AvgIpc) is 2.79. The zero-order chi connectivity index (χ0) is 14.7. The summed E-state index contributed by atoms with van der Waals surface area (Å²) in [5.41, 5.74) is 9.36. The van der Waals surface area contributed by atoms with Crippen LogP contribution in [0.25, 0.3) is 0 Å². The number of hydrogen-bond acceptors (Lipinski definition) is 4. The van der Waals surface area contributed by atoms with Gasteiger partial charge in [-0.15, -0.1) is 0 Å². The Balaban J connectivity index is 2.21. The largest absolute Gasteiger partial charge is 0.389 e. The Hall–Kier alpha value is -1.95. The van der Waals surface area contributed by atoms with Gasteiger partial charge in [-0.3, -0.25) is 9.67 Å². The second-order valence-electron chi connectivity index (χ2n) is 4.91. The minimum atomic E-state index is 0.198. The van der Waals surface area contributed by atoms with Gasteiger partial charge >= 0.3 is 0 Å². The molecule has 2 aromatic heterocycles. The van der Waals surface area contributed by atoms with Crippen molar-refractivity contribution in [1.82, 2.24) is 14.8 Å². The molecular formula is C14H19N5S. The van der Waals surface area contributed by atoms with Crippen LogP contribution in [0.1, 0.15) is 23.9 Å². The molecule has 0 saturated heterocycles. The summed E-state index contributed by atoms with van der Waals surface area (Å²) in [5.74, 6) is 0. The van der Waals surface area contributed by atoms with Gasteiger partial charge in [0.2, 0.25) is 0 Å². The van der Waals surface area contributed by atoms with Gasteiger partial charge in [0.15, 0.2) is 0 Å². The van der Waals surface area contributed by atoms with Gasteiger partial charge in [0, 0.05) is 35.5 Å². The molecule has 0 amide bonds. The molecule has 0 bridgehead atoms. The summed E-state index contributed by atoms with van der Waals surface area (Å²) in [6.45, 7) is 6.74. The van der Waals surface area contributed by atoms with Crippen molar-refractivity contribution in [2.75, 3.05) is 5.32 Å². The van der Waals surface area contributed by atoms with Crippen molar-refractivity contribution in [2.24, 2.45) is 5.73 Å². The normalized spacial score (nSPS) is 12.2. The van der Waals surface area contributed by atoms with Crippen molar-refractivity contribution in [3.63, 3.8) is 0 Å². The van der Waals surface area contributed by atoms with Crippen molar-refractivity contribution < 1.29 is 0 Å². The lowest BCUT2D eigenvalue weighted by Gasteiger charge is -2.19. The predicted molar refractivity (Wildman–Crippen MR) is 84.9 cm³/mol. The topological polar surface area (TPSA) is 68.8 Å². The van der Waals surface area contributed by atoms with E-state index in [1.165, 1.54) is 0 Å². The molecule has 3 N–H and O–H groups in total. The number of pyridine rings is 1. The zero-order valence-electron chi connectivity index (χ0n) is 11.9. The summed E-state index contributed by atoms with van der Waals surface area (Å²) >= 11 is 5.13. The van der Waals surface area contributed by atoms with E-state index in [9.17, 15) is 0 Å². The van der Waals surface area contributed by atoms with Crippen LogP contribution in [-0.2, 0) is 6.54 Å². The third-order valence-electron chi connectivity index (χ3n) is 3.00. The van der Waals surface area contributed by atoms with Gasteiger partial charge in [-0.25, -0.2) is 0 Å². The van der Waals surface area contributed by atoms with E-state index in [0.29, 0.717) is 4.99 Å². The molecule has 106 valence electrons. The number of hydrogen-bond donors (Lipinski definition) is 2. The first-order valence-electron chi connectivity index (χ1n) is 6.49. The molecule has 0 fully saturated rings. The fourth-order valence-electron chi connectivity index (χ4n) is 2.25. The molecule has 0 spiro atoms. The number of rotatable bonds is 5. The highest BCUT2D eigenvalue weighted by Crippen LogP contribution is 2.20. The van der Waals surface area contributed by atoms with Gasteiger partial charge in [0.05, 0.1) is 12.1 Å². The van der Waals surface area contributed by atoms with Crippen molar-refractivity contribution in [1.29, 1.82) is 0 Å². The number of thiocarbonyl (C=S) groups is 1. The van der Waals surface area contributed by atoms with Crippen LogP contribution in [0.5, 0.6) is 0 Å². The van der Waals surface area contributed by atoms with Crippen LogP contribution in [0.15, 0.2) is 24.5 Å². The van der Waals surface area contributed by atoms with Gasteiger partial charge in [-0.05, 0) is 32.9 Å². The lowest BCUT2D eigenvalue weighted by Crippen LogP contribution is -2.25. The number of nitrogens with zero attached hydrogens (tertiary/aromatic N) is 3. The number of nitrogens with two attached hydrogens (primary N) is 1. The van der Waals surface area contributed by atoms with Crippen LogP contribution in [-0.4, -0.2) is 25.8 Å². The summed E-state index contributed by atoms with van der Waals surface area (Å²) < 4.78 is 1.89. The van der Waals surface area contributed by atoms with Crippen LogP contribution in [0, 0.1) is 13.8 Å². The second-order valence-corrected chi connectivity index (χ2v) is 5.35. The van der Waals surface area contributed by atoms with E-state index in [2.05, 4.69) is 22.3 Å². The third-order valence-corrected chi connectivity index (χ3v) is 3.20. The smallest absolute Gasteiger partial charge is 0.107 e. The Labute approximate surface area is 124 Å². The van der Waals surface area contributed by atoms with Crippen LogP contribution in [0.4, 0.5) is 5.69 Å². The summed E-state index contributed by atoms with van der Waals surface area (Å²) in [4.78, 5) is 4.78. The van der Waals surface area contributed by atoms with E-state index in [1.54, 1.807) is 6.20 Å². The molecule has 0 aliphatic carbocycles. The summed E-state index contributed by atoms with van der Waals surface area (Å²) in [6.07, 6.45) is 3.71. The maximum absolute atomic E-state index is 5.81. The number of nitrogens with one attached hydrogen (secondary N) is 1. The highest BCUT2D eigenvalue weighted by Gasteiger charge is 2.13. The van der Waals surface area contributed by atoms with E-state index in [4.69, 9.17) is 18.0 Å². The molecule has 5 nitrogen and oxygen atoms in total. The predicted octanol–water partition coefficient (Wildman–Crippen LogP) is 2.03. The molecule has 0 aromatic carbocycles. The fraction of sp³-hybridized carbons (Fsp3) is 0.357. The lowest BCUT2D eigenvalue weighted by molar-refractivity contribution is 0.561. The highest BCUT2D eigenvalue weighted by molar-refractivity contribution is 7.80. The van der Waals surface area contributed by atoms with Crippen LogP contribution >= 0.6 is 12.2 Å². The van der Waals surface area contributed by atoms with E-state index >= 15 is 0 Å². The van der Waals surface area contributed by atoms with Crippen LogP contribution in [0.3, 0.4) is 0 Å². The Morgan fingerprint density at radius 2 is 2.25 bits per heavy atom. The highest BCUT2D eigenvalue weighted by atomic mass is 32.1. The molecule has 0 aliphatic rings. The molecule has 0 saturated carbocycles. The zero-order valence-corrected chi connectivity index (χ0v) is 12.7. The lowest BCUT2D eigenvalue weighted by atomic mass is 10.1. The molecule has 2 aromatic rings. The van der Waals surface area contributed by atoms with E-state index in [0.717, 1.165) is 29.2 Å². The maximum Gasteiger partial charge on any atom is 0.107 e. The van der Waals surface area contributed by atoms with Gasteiger partial charge in [0.25, 0.3) is 0 Å². The Bertz CT molecular complexity index is 606. The molecule has 1 atom stereocenters. The van der Waals surface area contributed by atoms with Gasteiger partial charge in [-0.1, -0.05) is 12.2 Å². The van der Waals surface area contributed by atoms with E-state index < -0.39 is 0 Å². The average molecular weight is 289 g/mol. The molecule has 2 rings (SSSR count). The van der Waals surface area contributed by atoms with Crippen LogP contribution in [0.2, 0.25) is 0 Å². The van der Waals surface area contributed by atoms with Crippen LogP contribution < -0.4 is 11.1 Å². The summed E-state index contributed by atoms with van der Waals surface area (Å²) in [5, 5.41) is 7.65. The van der Waals surface area contributed by atoms with Gasteiger partial charge in [0.1, 0.15) is 4.99 Å². The molecule has 1 unspecified atom stereocenters. The SMILES string of the molecule is Cc1cc(NC(C)Cn2cccn2)c(C(N)=S)c(C)n1. The minimum Gasteiger partial charge on any atom is -0.389 e. The molecule has 20 heavy (non-hydrogen) atoms. The van der Waals surface area contributed by atoms with E-state index in [1.807, 2.05) is 36.9 Å². The fourth-order valence-corrected chi connectivity index (χ4v) is 2.51. The number of anilines is 1. The Kier molecular flexibility index (Phi) is 4.34. The molecule has 6 heteroatoms.